The summed E-state index contributed by atoms with van der Waals surface area (Å²) >= 11 is 0. The predicted octanol–water partition coefficient (Wildman–Crippen LogP) is 2.17. The molecule has 1 aliphatic heterocycles. The number of quaternary nitrogens is 1. The Hall–Kier alpha value is -1.39. The molecule has 0 bridgehead atoms. The fourth-order valence-corrected chi connectivity index (χ4v) is 4.14. The molecule has 120 valence electrons. The molecule has 0 radical (unpaired) electrons. The van der Waals surface area contributed by atoms with Crippen molar-refractivity contribution in [2.75, 3.05) is 13.7 Å². The van der Waals surface area contributed by atoms with E-state index in [0.29, 0.717) is 12.5 Å². The van der Waals surface area contributed by atoms with E-state index in [2.05, 4.69) is 4.90 Å². The Labute approximate surface area is 132 Å². The van der Waals surface area contributed by atoms with Gasteiger partial charge in [-0.05, 0) is 31.6 Å². The molecule has 1 amide bonds. The van der Waals surface area contributed by atoms with Crippen LogP contribution in [0.15, 0.2) is 24.3 Å². The number of benzene rings is 1. The van der Waals surface area contributed by atoms with E-state index < -0.39 is 0 Å². The minimum absolute atomic E-state index is 0.284. The summed E-state index contributed by atoms with van der Waals surface area (Å²) in [4.78, 5) is 20.1. The summed E-state index contributed by atoms with van der Waals surface area (Å²) in [5.74, 6) is 1.03. The third-order valence-corrected chi connectivity index (χ3v) is 5.21. The Balaban J connectivity index is 1.68. The molecule has 2 N–H and O–H groups in total. The van der Waals surface area contributed by atoms with E-state index >= 15 is 0 Å². The standard InChI is InChI=1S/C18H26N2O2/c1-22-19-16-10-5-4-9-15(16)13-18(21)20-12-6-11-17(20)14-7-2-3-8-14/h4-5,9-10,14,17,19H,2-3,6-8,11-13H2,1H3/p+1. The lowest BCUT2D eigenvalue weighted by molar-refractivity contribution is -0.830. The maximum atomic E-state index is 12.8. The quantitative estimate of drug-likeness (QED) is 0.669. The van der Waals surface area contributed by atoms with Gasteiger partial charge < -0.3 is 4.90 Å². The second kappa shape index (κ2) is 7.25. The van der Waals surface area contributed by atoms with Gasteiger partial charge in [0, 0.05) is 24.2 Å². The lowest BCUT2D eigenvalue weighted by atomic mass is 9.95. The molecule has 4 nitrogen and oxygen atoms in total. The number of hydrogen-bond donors (Lipinski definition) is 1. The van der Waals surface area contributed by atoms with Crippen molar-refractivity contribution in [1.29, 1.82) is 0 Å². The minimum atomic E-state index is 0.284. The van der Waals surface area contributed by atoms with Crippen molar-refractivity contribution < 1.29 is 15.1 Å². The Bertz CT molecular complexity index is 512. The summed E-state index contributed by atoms with van der Waals surface area (Å²) in [6, 6.07) is 8.51. The molecule has 1 saturated carbocycles. The first kappa shape index (κ1) is 15.5. The van der Waals surface area contributed by atoms with Gasteiger partial charge in [0.15, 0.2) is 5.69 Å². The molecular weight excluding hydrogens is 276 g/mol. The number of carbonyl (C=O) groups is 1. The van der Waals surface area contributed by atoms with E-state index in [1.165, 1.54) is 38.5 Å². The molecule has 1 aromatic carbocycles. The molecule has 2 aliphatic rings. The lowest BCUT2D eigenvalue weighted by Gasteiger charge is -2.29. The maximum Gasteiger partial charge on any atom is 0.227 e. The van der Waals surface area contributed by atoms with Gasteiger partial charge in [-0.25, -0.2) is 4.84 Å². The van der Waals surface area contributed by atoms with Gasteiger partial charge in [-0.15, -0.1) is 0 Å². The van der Waals surface area contributed by atoms with Crippen LogP contribution in [0.2, 0.25) is 0 Å². The van der Waals surface area contributed by atoms with Gasteiger partial charge in [0.25, 0.3) is 0 Å². The normalized spacial score (nSPS) is 22.4. The molecule has 1 aromatic rings. The van der Waals surface area contributed by atoms with Crippen molar-refractivity contribution >= 4 is 11.6 Å². The smallest absolute Gasteiger partial charge is 0.227 e. The van der Waals surface area contributed by atoms with Crippen LogP contribution >= 0.6 is 0 Å². The minimum Gasteiger partial charge on any atom is -0.339 e. The average Bonchev–Trinajstić information content (AvgIpc) is 3.20. The predicted molar refractivity (Wildman–Crippen MR) is 85.4 cm³/mol. The number of hydrogen-bond acceptors (Lipinski definition) is 2. The second-order valence-electron chi connectivity index (χ2n) is 6.57. The van der Waals surface area contributed by atoms with Crippen molar-refractivity contribution in [3.05, 3.63) is 29.8 Å². The van der Waals surface area contributed by atoms with E-state index in [-0.39, 0.29) is 5.91 Å². The first-order chi connectivity index (χ1) is 10.8. The lowest BCUT2D eigenvalue weighted by Crippen LogP contribution is -2.76. The van der Waals surface area contributed by atoms with Gasteiger partial charge in [-0.3, -0.25) is 4.79 Å². The average molecular weight is 303 g/mol. The molecule has 1 aliphatic carbocycles. The van der Waals surface area contributed by atoms with Crippen LogP contribution in [0.1, 0.15) is 44.1 Å². The molecule has 4 heteroatoms. The zero-order chi connectivity index (χ0) is 15.4. The van der Waals surface area contributed by atoms with Gasteiger partial charge in [0.05, 0.1) is 13.5 Å². The van der Waals surface area contributed by atoms with Crippen LogP contribution in [0.3, 0.4) is 0 Å². The third-order valence-electron chi connectivity index (χ3n) is 5.21. The monoisotopic (exact) mass is 303 g/mol. The van der Waals surface area contributed by atoms with Crippen molar-refractivity contribution in [1.82, 2.24) is 4.90 Å². The van der Waals surface area contributed by atoms with Gasteiger partial charge in [-0.2, -0.15) is 5.48 Å². The second-order valence-corrected chi connectivity index (χ2v) is 6.57. The van der Waals surface area contributed by atoms with Crippen LogP contribution in [0.25, 0.3) is 0 Å². The molecule has 1 saturated heterocycles. The Kier molecular flexibility index (Phi) is 5.11. The molecule has 1 atom stereocenters. The number of amides is 1. The van der Waals surface area contributed by atoms with Gasteiger partial charge in [0.2, 0.25) is 5.91 Å². The fraction of sp³-hybridized carbons (Fsp3) is 0.611. The van der Waals surface area contributed by atoms with E-state index in [1.807, 2.05) is 24.3 Å². The first-order valence-corrected chi connectivity index (χ1v) is 8.53. The summed E-state index contributed by atoms with van der Waals surface area (Å²) in [6.45, 7) is 0.941. The zero-order valence-electron chi connectivity index (χ0n) is 13.5. The summed E-state index contributed by atoms with van der Waals surface area (Å²) in [6.07, 6.45) is 8.15. The van der Waals surface area contributed by atoms with Crippen LogP contribution in [-0.4, -0.2) is 30.5 Å². The maximum absolute atomic E-state index is 12.8. The van der Waals surface area contributed by atoms with Crippen LogP contribution in [-0.2, 0) is 16.1 Å². The SMILES string of the molecule is CO[NH2+]c1ccccc1CC(=O)N1CCCC1C1CCCC1. The fourth-order valence-electron chi connectivity index (χ4n) is 4.14. The number of nitrogens with two attached hydrogens (primary N) is 1. The van der Waals surface area contributed by atoms with Gasteiger partial charge in [0.1, 0.15) is 0 Å². The third kappa shape index (κ3) is 3.33. The molecule has 2 fully saturated rings. The number of likely N-dealkylation sites (tertiary alicyclic amines) is 1. The van der Waals surface area contributed by atoms with E-state index in [4.69, 9.17) is 4.84 Å². The number of rotatable bonds is 5. The van der Waals surface area contributed by atoms with Crippen LogP contribution in [0, 0.1) is 5.92 Å². The van der Waals surface area contributed by atoms with Crippen LogP contribution in [0.4, 0.5) is 5.69 Å². The highest BCUT2D eigenvalue weighted by molar-refractivity contribution is 5.80. The van der Waals surface area contributed by atoms with Crippen molar-refractivity contribution in [3.8, 4) is 0 Å². The van der Waals surface area contributed by atoms with Crippen molar-refractivity contribution in [2.24, 2.45) is 5.92 Å². The Morgan fingerprint density at radius 1 is 1.23 bits per heavy atom. The highest BCUT2D eigenvalue weighted by Gasteiger charge is 2.35. The zero-order valence-corrected chi connectivity index (χ0v) is 13.5. The van der Waals surface area contributed by atoms with Crippen molar-refractivity contribution in [3.63, 3.8) is 0 Å². The number of nitrogens with zero attached hydrogens (tertiary/aromatic N) is 1. The summed E-state index contributed by atoms with van der Waals surface area (Å²) in [5.41, 5.74) is 3.79. The molecule has 1 unspecified atom stereocenters. The topological polar surface area (TPSA) is 46.1 Å². The van der Waals surface area contributed by atoms with Crippen LogP contribution < -0.4 is 5.48 Å². The molecule has 0 aromatic heterocycles. The van der Waals surface area contributed by atoms with E-state index in [1.54, 1.807) is 12.6 Å². The van der Waals surface area contributed by atoms with Crippen LogP contribution in [0.5, 0.6) is 0 Å². The highest BCUT2D eigenvalue weighted by atomic mass is 16.6. The van der Waals surface area contributed by atoms with E-state index in [9.17, 15) is 4.79 Å². The van der Waals surface area contributed by atoms with Gasteiger partial charge in [-0.1, -0.05) is 31.0 Å². The molecule has 22 heavy (non-hydrogen) atoms. The first-order valence-electron chi connectivity index (χ1n) is 8.53. The molecule has 3 rings (SSSR count). The Morgan fingerprint density at radius 3 is 2.77 bits per heavy atom. The summed E-state index contributed by atoms with van der Waals surface area (Å²) in [7, 11) is 1.65. The van der Waals surface area contributed by atoms with Crippen molar-refractivity contribution in [2.45, 2.75) is 51.0 Å². The highest BCUT2D eigenvalue weighted by Crippen LogP contribution is 2.35. The molecule has 1 heterocycles. The largest absolute Gasteiger partial charge is 0.339 e. The number of carbonyl (C=O) groups excluding carboxylic acids is 1. The molecule has 0 spiro atoms. The summed E-state index contributed by atoms with van der Waals surface area (Å²) in [5, 5.41) is 0. The van der Waals surface area contributed by atoms with Gasteiger partial charge >= 0.3 is 0 Å². The Morgan fingerprint density at radius 2 is 2.00 bits per heavy atom. The molecular formula is C18H27N2O2+. The van der Waals surface area contributed by atoms with E-state index in [0.717, 1.165) is 23.7 Å². The summed E-state index contributed by atoms with van der Waals surface area (Å²) < 4.78 is 0.